The Kier molecular flexibility index (Phi) is 2.51. The van der Waals surface area contributed by atoms with E-state index in [1.807, 2.05) is 35.9 Å². The highest BCUT2D eigenvalue weighted by molar-refractivity contribution is 5.78. The number of rotatable bonds is 1. The molecular weight excluding hydrogens is 262 g/mol. The number of phenols is 1. The Balaban J connectivity index is 1.89. The maximum absolute atomic E-state index is 9.47. The number of nitrogens with one attached hydrogen (secondary N) is 1. The smallest absolute Gasteiger partial charge is 0.147 e. The third-order valence-corrected chi connectivity index (χ3v) is 3.81. The van der Waals surface area contributed by atoms with Gasteiger partial charge in [-0.05, 0) is 36.8 Å². The Morgan fingerprint density at radius 1 is 1.10 bits per heavy atom. The summed E-state index contributed by atoms with van der Waals surface area (Å²) in [4.78, 5) is 0. The lowest BCUT2D eigenvalue weighted by atomic mass is 10.0. The van der Waals surface area contributed by atoms with E-state index in [0.29, 0.717) is 0 Å². The van der Waals surface area contributed by atoms with E-state index in [2.05, 4.69) is 28.6 Å². The molecule has 0 amide bonds. The molecule has 104 valence electrons. The summed E-state index contributed by atoms with van der Waals surface area (Å²) in [5, 5.41) is 17.6. The van der Waals surface area contributed by atoms with E-state index in [1.165, 1.54) is 0 Å². The minimum atomic E-state index is -0.0656. The quantitative estimate of drug-likeness (QED) is 0.715. The number of hydrogen-bond donors (Lipinski definition) is 2. The van der Waals surface area contributed by atoms with Crippen molar-refractivity contribution in [3.63, 3.8) is 0 Å². The van der Waals surface area contributed by atoms with Gasteiger partial charge in [0.2, 0.25) is 0 Å². The lowest BCUT2D eigenvalue weighted by molar-refractivity contribution is 0.474. The zero-order chi connectivity index (χ0) is 14.4. The summed E-state index contributed by atoms with van der Waals surface area (Å²) in [7, 11) is 0. The average molecular weight is 277 g/mol. The molecule has 0 bridgehead atoms. The van der Waals surface area contributed by atoms with Crippen LogP contribution in [0.5, 0.6) is 5.75 Å². The molecule has 4 nitrogen and oxygen atoms in total. The molecule has 0 unspecified atom stereocenters. The predicted octanol–water partition coefficient (Wildman–Crippen LogP) is 3.54. The molecular formula is C17H15N3O. The van der Waals surface area contributed by atoms with Crippen molar-refractivity contribution in [2.45, 2.75) is 13.1 Å². The average Bonchev–Trinajstić information content (AvgIpc) is 2.89. The van der Waals surface area contributed by atoms with Gasteiger partial charge in [0.15, 0.2) is 0 Å². The topological polar surface area (TPSA) is 50.1 Å². The molecule has 2 N–H and O–H groups in total. The molecule has 0 fully saturated rings. The van der Waals surface area contributed by atoms with Crippen LogP contribution >= 0.6 is 0 Å². The largest absolute Gasteiger partial charge is 0.508 e. The van der Waals surface area contributed by atoms with Crippen molar-refractivity contribution >= 4 is 5.69 Å². The van der Waals surface area contributed by atoms with Gasteiger partial charge in [-0.2, -0.15) is 5.10 Å². The zero-order valence-electron chi connectivity index (χ0n) is 11.6. The van der Waals surface area contributed by atoms with Crippen LogP contribution in [0, 0.1) is 6.92 Å². The SMILES string of the molecule is Cc1cc2n(n1)[C@@H](c1ccc(O)cc1)Nc1ccccc1-2. The van der Waals surface area contributed by atoms with Crippen molar-refractivity contribution in [3.8, 4) is 17.0 Å². The zero-order valence-corrected chi connectivity index (χ0v) is 11.6. The third kappa shape index (κ3) is 1.88. The fourth-order valence-corrected chi connectivity index (χ4v) is 2.84. The third-order valence-electron chi connectivity index (χ3n) is 3.81. The van der Waals surface area contributed by atoms with Gasteiger partial charge in [0, 0.05) is 11.3 Å². The second kappa shape index (κ2) is 4.38. The highest BCUT2D eigenvalue weighted by Gasteiger charge is 2.25. The van der Waals surface area contributed by atoms with Gasteiger partial charge in [0.25, 0.3) is 0 Å². The van der Waals surface area contributed by atoms with E-state index < -0.39 is 0 Å². The Bertz CT molecular complexity index is 805. The number of nitrogens with zero attached hydrogens (tertiary/aromatic N) is 2. The standard InChI is InChI=1S/C17H15N3O/c1-11-10-16-14-4-2-3-5-15(14)18-17(20(16)19-11)12-6-8-13(21)9-7-12/h2-10,17-18,21H,1H3/t17-/m0/s1. The van der Waals surface area contributed by atoms with Gasteiger partial charge >= 0.3 is 0 Å². The highest BCUT2D eigenvalue weighted by atomic mass is 16.3. The van der Waals surface area contributed by atoms with Crippen molar-refractivity contribution in [3.05, 3.63) is 65.9 Å². The molecule has 1 aromatic heterocycles. The normalized spacial score (nSPS) is 16.0. The molecule has 0 saturated carbocycles. The van der Waals surface area contributed by atoms with Gasteiger partial charge < -0.3 is 10.4 Å². The van der Waals surface area contributed by atoms with Gasteiger partial charge in [0.1, 0.15) is 11.9 Å². The van der Waals surface area contributed by atoms with Crippen LogP contribution in [0.3, 0.4) is 0 Å². The maximum Gasteiger partial charge on any atom is 0.147 e. The Hall–Kier alpha value is -2.75. The summed E-state index contributed by atoms with van der Waals surface area (Å²) in [6.45, 7) is 2.00. The molecule has 0 spiro atoms. The molecule has 1 aliphatic heterocycles. The predicted molar refractivity (Wildman–Crippen MR) is 82.3 cm³/mol. The molecule has 4 heteroatoms. The number of aryl methyl sites for hydroxylation is 1. The molecule has 3 aromatic rings. The molecule has 2 aromatic carbocycles. The Labute approximate surface area is 122 Å². The van der Waals surface area contributed by atoms with Crippen LogP contribution in [-0.4, -0.2) is 14.9 Å². The van der Waals surface area contributed by atoms with Gasteiger partial charge in [0.05, 0.1) is 11.4 Å². The molecule has 0 saturated heterocycles. The molecule has 0 radical (unpaired) electrons. The van der Waals surface area contributed by atoms with E-state index in [0.717, 1.165) is 28.2 Å². The van der Waals surface area contributed by atoms with Crippen LogP contribution in [0.1, 0.15) is 17.4 Å². The van der Waals surface area contributed by atoms with Crippen molar-refractivity contribution in [2.75, 3.05) is 5.32 Å². The number of aromatic hydroxyl groups is 1. The summed E-state index contributed by atoms with van der Waals surface area (Å²) < 4.78 is 2.00. The number of hydrogen-bond acceptors (Lipinski definition) is 3. The van der Waals surface area contributed by atoms with Crippen LogP contribution in [-0.2, 0) is 0 Å². The van der Waals surface area contributed by atoms with Gasteiger partial charge in [-0.3, -0.25) is 0 Å². The Morgan fingerprint density at radius 3 is 2.67 bits per heavy atom. The number of benzene rings is 2. The maximum atomic E-state index is 9.47. The lowest BCUT2D eigenvalue weighted by Crippen LogP contribution is -2.25. The van der Waals surface area contributed by atoms with Crippen molar-refractivity contribution in [2.24, 2.45) is 0 Å². The number of fused-ring (bicyclic) bond motifs is 3. The number of aromatic nitrogens is 2. The minimum Gasteiger partial charge on any atom is -0.508 e. The molecule has 1 atom stereocenters. The first kappa shape index (κ1) is 12.0. The van der Waals surface area contributed by atoms with Crippen molar-refractivity contribution in [1.29, 1.82) is 0 Å². The summed E-state index contributed by atoms with van der Waals surface area (Å²) in [5.41, 5.74) is 5.43. The van der Waals surface area contributed by atoms with Crippen LogP contribution < -0.4 is 5.32 Å². The number of anilines is 1. The number of phenolic OH excluding ortho intramolecular Hbond substituents is 1. The van der Waals surface area contributed by atoms with Crippen LogP contribution in [0.15, 0.2) is 54.6 Å². The van der Waals surface area contributed by atoms with Gasteiger partial charge in [-0.25, -0.2) is 4.68 Å². The van der Waals surface area contributed by atoms with Crippen LogP contribution in [0.2, 0.25) is 0 Å². The first-order valence-corrected chi connectivity index (χ1v) is 6.93. The van der Waals surface area contributed by atoms with E-state index in [1.54, 1.807) is 12.1 Å². The number of para-hydroxylation sites is 1. The molecule has 0 aliphatic carbocycles. The fourth-order valence-electron chi connectivity index (χ4n) is 2.84. The Morgan fingerprint density at radius 2 is 1.86 bits per heavy atom. The lowest BCUT2D eigenvalue weighted by Gasteiger charge is -2.29. The van der Waals surface area contributed by atoms with E-state index in [9.17, 15) is 5.11 Å². The first-order valence-electron chi connectivity index (χ1n) is 6.93. The minimum absolute atomic E-state index is 0.0656. The monoisotopic (exact) mass is 277 g/mol. The second-order valence-corrected chi connectivity index (χ2v) is 5.30. The molecule has 1 aliphatic rings. The van der Waals surface area contributed by atoms with Crippen molar-refractivity contribution < 1.29 is 5.11 Å². The molecule has 21 heavy (non-hydrogen) atoms. The van der Waals surface area contributed by atoms with E-state index in [4.69, 9.17) is 0 Å². The van der Waals surface area contributed by atoms with Crippen LogP contribution in [0.4, 0.5) is 5.69 Å². The van der Waals surface area contributed by atoms with Gasteiger partial charge in [-0.1, -0.05) is 30.3 Å². The molecule has 2 heterocycles. The van der Waals surface area contributed by atoms with Crippen LogP contribution in [0.25, 0.3) is 11.3 Å². The summed E-state index contributed by atoms with van der Waals surface area (Å²) in [6, 6.07) is 17.6. The summed E-state index contributed by atoms with van der Waals surface area (Å²) in [5.74, 6) is 0.270. The first-order chi connectivity index (χ1) is 10.2. The summed E-state index contributed by atoms with van der Waals surface area (Å²) in [6.07, 6.45) is -0.0656. The summed E-state index contributed by atoms with van der Waals surface area (Å²) >= 11 is 0. The van der Waals surface area contributed by atoms with E-state index in [-0.39, 0.29) is 11.9 Å². The second-order valence-electron chi connectivity index (χ2n) is 5.30. The molecule has 4 rings (SSSR count). The van der Waals surface area contributed by atoms with Gasteiger partial charge in [-0.15, -0.1) is 0 Å². The highest BCUT2D eigenvalue weighted by Crippen LogP contribution is 2.38. The van der Waals surface area contributed by atoms with E-state index >= 15 is 0 Å². The van der Waals surface area contributed by atoms with Crippen molar-refractivity contribution in [1.82, 2.24) is 9.78 Å². The fraction of sp³-hybridized carbons (Fsp3) is 0.118.